The van der Waals surface area contributed by atoms with Crippen LogP contribution in [0.25, 0.3) is 0 Å². The first-order valence-electron chi connectivity index (χ1n) is 45.0. The molecule has 648 valence electrons. The summed E-state index contributed by atoms with van der Waals surface area (Å²) in [4.78, 5) is 35.5. The van der Waals surface area contributed by atoms with Gasteiger partial charge in [0.2, 0.25) is 0 Å². The number of aliphatic hydroxyl groups is 6. The Labute approximate surface area is 686 Å². The minimum Gasteiger partial charge on any atom is -0.482 e. The summed E-state index contributed by atoms with van der Waals surface area (Å²) >= 11 is 0. The van der Waals surface area contributed by atoms with Crippen molar-refractivity contribution in [1.29, 1.82) is 0 Å². The first-order chi connectivity index (χ1) is 54.8. The van der Waals surface area contributed by atoms with Gasteiger partial charge in [0.15, 0.2) is 32.4 Å². The topological polar surface area (TPSA) is 276 Å². The Morgan fingerprint density at radius 2 is 0.781 bits per heavy atom. The second-order valence-electron chi connectivity index (χ2n) is 35.7. The molecular weight excluding hydrogens is 1450 g/mol. The Balaban J connectivity index is 0.000000226. The number of esters is 2. The van der Waals surface area contributed by atoms with Crippen molar-refractivity contribution >= 4 is 17.9 Å². The molecule has 2 saturated heterocycles. The van der Waals surface area contributed by atoms with Crippen molar-refractivity contribution < 1.29 is 92.8 Å². The van der Waals surface area contributed by atoms with Crippen LogP contribution >= 0.6 is 0 Å². The van der Waals surface area contributed by atoms with Crippen LogP contribution in [0, 0.1) is 71.0 Å². The molecule has 19 nitrogen and oxygen atoms in total. The molecule has 0 radical (unpaired) electrons. The molecule has 114 heavy (non-hydrogen) atoms. The van der Waals surface area contributed by atoms with Gasteiger partial charge in [-0.05, 0) is 297 Å². The SMILES string of the molecule is CC(C)C(C)O.CCCCC[C@@H](O)CCC1[C@H](O)C[C@@H]2Cc3c(cccc3OCC(=O)OC(C)C(C)C)C[C@H]12.CCCCC[C@H](CCC1[C@H](O)C[C@@H]2Cc3c(cccc3OCC(=O)O)C[C@H]12)OC1CCCCO1.CCCCC[C@H](CCC1[C@H](O)C[C@@H]2Cc3c(cccc3OCC(=O)OC(C)C(C)C)C[C@H]12)OC1CCCCO1.CO. The zero-order valence-corrected chi connectivity index (χ0v) is 72.4. The maximum absolute atomic E-state index is 12.3. The summed E-state index contributed by atoms with van der Waals surface area (Å²) in [6, 6.07) is 18.2. The summed E-state index contributed by atoms with van der Waals surface area (Å²) in [5.41, 5.74) is 7.31. The van der Waals surface area contributed by atoms with E-state index in [1.807, 2.05) is 91.8 Å². The summed E-state index contributed by atoms with van der Waals surface area (Å²) < 4.78 is 53.0. The fraction of sp³-hybridized carbons (Fsp3) is 0.779. The van der Waals surface area contributed by atoms with Crippen LogP contribution in [0.15, 0.2) is 54.6 Å². The van der Waals surface area contributed by atoms with Crippen molar-refractivity contribution in [3.05, 3.63) is 88.0 Å². The molecular formula is C95H154O19. The number of hydrogen-bond donors (Lipinski definition) is 7. The van der Waals surface area contributed by atoms with E-state index in [1.54, 1.807) is 6.92 Å². The molecule has 7 N–H and O–H groups in total. The van der Waals surface area contributed by atoms with Gasteiger partial charge in [-0.1, -0.05) is 156 Å². The minimum atomic E-state index is -0.961. The van der Waals surface area contributed by atoms with Gasteiger partial charge in [-0.2, -0.15) is 0 Å². The largest absolute Gasteiger partial charge is 0.482 e. The number of benzene rings is 3. The Kier molecular flexibility index (Phi) is 42.9. The molecule has 6 aliphatic carbocycles. The Bertz CT molecular complexity index is 3190. The summed E-state index contributed by atoms with van der Waals surface area (Å²) in [6.45, 7) is 25.5. The van der Waals surface area contributed by atoms with Crippen LogP contribution in [-0.4, -0.2) is 161 Å². The molecule has 0 amide bonds. The first kappa shape index (κ1) is 96.2. The normalized spacial score (nSPS) is 26.7. The molecule has 11 rings (SSSR count). The Morgan fingerprint density at radius 1 is 0.439 bits per heavy atom. The highest BCUT2D eigenvalue weighted by molar-refractivity contribution is 5.72. The van der Waals surface area contributed by atoms with Crippen LogP contribution in [0.4, 0.5) is 0 Å². The van der Waals surface area contributed by atoms with Crippen molar-refractivity contribution in [1.82, 2.24) is 0 Å². The van der Waals surface area contributed by atoms with E-state index in [0.29, 0.717) is 53.1 Å². The number of ether oxygens (including phenoxy) is 9. The fourth-order valence-corrected chi connectivity index (χ4v) is 18.8. The average molecular weight is 1600 g/mol. The van der Waals surface area contributed by atoms with Gasteiger partial charge in [-0.3, -0.25) is 0 Å². The third kappa shape index (κ3) is 30.7. The molecule has 8 aliphatic rings. The van der Waals surface area contributed by atoms with Gasteiger partial charge in [0.25, 0.3) is 0 Å². The number of aliphatic carboxylic acids is 1. The van der Waals surface area contributed by atoms with Gasteiger partial charge < -0.3 is 78.4 Å². The van der Waals surface area contributed by atoms with E-state index in [9.17, 15) is 34.8 Å². The Morgan fingerprint density at radius 3 is 1.10 bits per heavy atom. The maximum Gasteiger partial charge on any atom is 0.344 e. The van der Waals surface area contributed by atoms with Gasteiger partial charge in [-0.15, -0.1) is 0 Å². The molecule has 2 aliphatic heterocycles. The third-order valence-electron chi connectivity index (χ3n) is 26.4. The van der Waals surface area contributed by atoms with Crippen molar-refractivity contribution in [3.8, 4) is 17.2 Å². The highest BCUT2D eigenvalue weighted by Crippen LogP contribution is 2.52. The number of carboxylic acids is 1. The Hall–Kier alpha value is -4.93. The van der Waals surface area contributed by atoms with Gasteiger partial charge in [-0.25, -0.2) is 14.4 Å². The van der Waals surface area contributed by atoms with Crippen molar-refractivity contribution in [2.75, 3.05) is 40.1 Å². The van der Waals surface area contributed by atoms with Crippen LogP contribution in [0.3, 0.4) is 0 Å². The molecule has 3 aromatic carbocycles. The molecule has 2 heterocycles. The zero-order chi connectivity index (χ0) is 82.8. The number of hydrogen-bond acceptors (Lipinski definition) is 18. The van der Waals surface area contributed by atoms with Gasteiger partial charge in [0.1, 0.15) is 29.5 Å². The van der Waals surface area contributed by atoms with E-state index in [1.165, 1.54) is 92.0 Å². The lowest BCUT2D eigenvalue weighted by Gasteiger charge is -2.33. The molecule has 0 bridgehead atoms. The second kappa shape index (κ2) is 50.9. The number of carboxylic acid groups (broad SMARTS) is 1. The summed E-state index contributed by atoms with van der Waals surface area (Å²) in [6.07, 6.45) is 32.6. The van der Waals surface area contributed by atoms with Crippen molar-refractivity contribution in [2.24, 2.45) is 71.0 Å². The fourth-order valence-electron chi connectivity index (χ4n) is 18.8. The van der Waals surface area contributed by atoms with Gasteiger partial charge in [0.05, 0.1) is 42.7 Å². The van der Waals surface area contributed by atoms with Gasteiger partial charge in [0, 0.05) is 20.3 Å². The van der Waals surface area contributed by atoms with Crippen molar-refractivity contribution in [3.63, 3.8) is 0 Å². The van der Waals surface area contributed by atoms with Crippen molar-refractivity contribution in [2.45, 2.75) is 362 Å². The number of carbonyl (C=O) groups excluding carboxylic acids is 2. The second-order valence-corrected chi connectivity index (χ2v) is 35.7. The predicted octanol–water partition coefficient (Wildman–Crippen LogP) is 17.5. The third-order valence-corrected chi connectivity index (χ3v) is 26.4. The standard InChI is InChI=1S/C33H52O6.C28H42O6.C28H44O5.C5H12O.CH4O/c1-5-6-7-12-26(39-33-14-8-9-17-36-33)15-16-27-28-18-24-11-10-13-31(29(24)19-25(28)20-30(27)34)37-21-32(35)38-23(4)22(2)3;1-2-3-4-9-21(34-28-11-5-6-14-32-28)12-13-22-23-15-19-8-7-10-26(33-18-27(30)31)24(19)16-20(23)17-25(22)29;1-5-6-7-10-22(29)12-13-23-24-14-20-9-8-11-27(25(20)15-21(24)16-26(23)30)32-17-28(31)33-19(4)18(2)3;1-4(2)5(3)6;1-2/h10-11,13,22-23,25-28,30,33-34H,5-9,12,14-21H2,1-4H3;7-8,10,20-23,25,28-29H,2-6,9,11-18H2,1H3,(H,30,31);8-9,11,18-19,21-24,26,29-30H,5-7,10,12-17H2,1-4H3;4-6H,1-3H3;2H,1H3/t23?,25-,26+,27?,28-,30+,33?;20-,21+,22?,23-,25+,28?;19?,21-,22+,23?,24-,26+;;/m000../s1. The molecule has 5 fully saturated rings. The summed E-state index contributed by atoms with van der Waals surface area (Å²) in [5.74, 6) is 5.07. The molecule has 19 heteroatoms. The number of carbonyl (C=O) groups is 3. The lowest BCUT2D eigenvalue weighted by molar-refractivity contribution is -0.191. The quantitative estimate of drug-likeness (QED) is 0.0206. The number of rotatable bonds is 39. The molecule has 0 spiro atoms. The molecule has 3 saturated carbocycles. The van der Waals surface area contributed by atoms with E-state index >= 15 is 0 Å². The minimum absolute atomic E-state index is 0.0579. The van der Waals surface area contributed by atoms with Crippen LogP contribution in [0.5, 0.6) is 17.2 Å². The highest BCUT2D eigenvalue weighted by Gasteiger charge is 2.48. The molecule has 3 aromatic rings. The van der Waals surface area contributed by atoms with E-state index in [-0.39, 0.29) is 123 Å². The van der Waals surface area contributed by atoms with E-state index in [2.05, 4.69) is 39.0 Å². The zero-order valence-electron chi connectivity index (χ0n) is 72.4. The lowest BCUT2D eigenvalue weighted by Crippen LogP contribution is -2.31. The maximum atomic E-state index is 12.3. The van der Waals surface area contributed by atoms with E-state index in [0.717, 1.165) is 185 Å². The number of fused-ring (bicyclic) bond motifs is 6. The van der Waals surface area contributed by atoms with Crippen LogP contribution in [0.1, 0.15) is 290 Å². The molecule has 8 unspecified atom stereocenters. The lowest BCUT2D eigenvalue weighted by atomic mass is 9.73. The van der Waals surface area contributed by atoms with E-state index < -0.39 is 5.97 Å². The molecule has 0 aromatic heterocycles. The number of unbranched alkanes of at least 4 members (excludes halogenated alkanes) is 6. The summed E-state index contributed by atoms with van der Waals surface area (Å²) in [5, 5.41) is 68.0. The predicted molar refractivity (Wildman–Crippen MR) is 447 cm³/mol. The average Bonchev–Trinajstić information content (AvgIpc) is 1.61. The van der Waals surface area contributed by atoms with E-state index in [4.69, 9.17) is 58.0 Å². The number of aliphatic hydroxyl groups excluding tert-OH is 6. The first-order valence-corrected chi connectivity index (χ1v) is 45.0. The smallest absolute Gasteiger partial charge is 0.344 e. The van der Waals surface area contributed by atoms with Crippen LogP contribution < -0.4 is 14.2 Å². The monoisotopic (exact) mass is 1600 g/mol. The van der Waals surface area contributed by atoms with Crippen LogP contribution in [-0.2, 0) is 81.3 Å². The molecule has 20 atom stereocenters. The van der Waals surface area contributed by atoms with Crippen LogP contribution in [0.2, 0.25) is 0 Å². The highest BCUT2D eigenvalue weighted by atomic mass is 16.7. The summed E-state index contributed by atoms with van der Waals surface area (Å²) in [7, 11) is 1.00. The van der Waals surface area contributed by atoms with Gasteiger partial charge >= 0.3 is 17.9 Å².